The molecule has 104 valence electrons. The molecule has 5 nitrogen and oxygen atoms in total. The highest BCUT2D eigenvalue weighted by atomic mass is 16.5. The second kappa shape index (κ2) is 6.87. The minimum absolute atomic E-state index is 0.0847. The number of aliphatic hydroxyl groups is 1. The van der Waals surface area contributed by atoms with E-state index in [2.05, 4.69) is 4.74 Å². The van der Waals surface area contributed by atoms with Crippen LogP contribution in [0, 0.1) is 0 Å². The topological polar surface area (TPSA) is 81.8 Å². The third-order valence-electron chi connectivity index (χ3n) is 3.33. The summed E-state index contributed by atoms with van der Waals surface area (Å²) in [6, 6.07) is -0.501. The Morgan fingerprint density at radius 1 is 1.56 bits per heavy atom. The first-order chi connectivity index (χ1) is 8.53. The molecule has 0 saturated carbocycles. The first-order valence-corrected chi connectivity index (χ1v) is 6.41. The van der Waals surface area contributed by atoms with Gasteiger partial charge in [-0.25, -0.2) is 4.79 Å². The summed E-state index contributed by atoms with van der Waals surface area (Å²) in [6.45, 7) is 4.06. The average molecular weight is 257 g/mol. The molecule has 1 aliphatic rings. The summed E-state index contributed by atoms with van der Waals surface area (Å²) in [6.07, 6.45) is 2.52. The van der Waals surface area contributed by atoms with Gasteiger partial charge in [0.15, 0.2) is 0 Å². The van der Waals surface area contributed by atoms with E-state index >= 15 is 0 Å². The molecule has 0 bridgehead atoms. The molecule has 18 heavy (non-hydrogen) atoms. The molecule has 5 heteroatoms. The van der Waals surface area contributed by atoms with Gasteiger partial charge in [0.2, 0.25) is 0 Å². The van der Waals surface area contributed by atoms with Crippen LogP contribution in [0.1, 0.15) is 33.1 Å². The largest absolute Gasteiger partial charge is 0.466 e. The molecule has 0 amide bonds. The van der Waals surface area contributed by atoms with E-state index in [1.54, 1.807) is 6.08 Å². The molecule has 1 aliphatic carbocycles. The van der Waals surface area contributed by atoms with Crippen molar-refractivity contribution in [2.45, 2.75) is 57.5 Å². The lowest BCUT2D eigenvalue weighted by Gasteiger charge is -2.33. The molecule has 0 heterocycles. The Labute approximate surface area is 108 Å². The van der Waals surface area contributed by atoms with E-state index in [0.717, 1.165) is 12.8 Å². The number of ether oxygens (including phenoxy) is 2. The van der Waals surface area contributed by atoms with Gasteiger partial charge >= 0.3 is 5.97 Å². The van der Waals surface area contributed by atoms with Crippen molar-refractivity contribution in [3.63, 3.8) is 0 Å². The monoisotopic (exact) mass is 257 g/mol. The third kappa shape index (κ3) is 3.54. The summed E-state index contributed by atoms with van der Waals surface area (Å²) in [4.78, 5) is 11.5. The van der Waals surface area contributed by atoms with Gasteiger partial charge in [0.1, 0.15) is 0 Å². The maximum absolute atomic E-state index is 11.5. The summed E-state index contributed by atoms with van der Waals surface area (Å²) >= 11 is 0. The minimum Gasteiger partial charge on any atom is -0.466 e. The van der Waals surface area contributed by atoms with E-state index in [1.807, 2.05) is 13.8 Å². The molecule has 0 unspecified atom stereocenters. The Bertz CT molecular complexity index is 312. The Hall–Kier alpha value is -0.910. The predicted molar refractivity (Wildman–Crippen MR) is 67.9 cm³/mol. The normalized spacial score (nSPS) is 28.1. The van der Waals surface area contributed by atoms with Crippen LogP contribution < -0.4 is 5.73 Å². The molecule has 0 fully saturated rings. The lowest BCUT2D eigenvalue weighted by atomic mass is 9.90. The van der Waals surface area contributed by atoms with E-state index in [4.69, 9.17) is 10.5 Å². The first kappa shape index (κ1) is 15.1. The maximum atomic E-state index is 11.5. The number of aliphatic hydroxyl groups excluding tert-OH is 1. The highest BCUT2D eigenvalue weighted by molar-refractivity contribution is 5.88. The fraction of sp³-hybridized carbons (Fsp3) is 0.769. The SMILES string of the molecule is CCC(CC)O[C@@H]1C=C(C(=O)OC)C[C@@H](O)[C@H]1N. The highest BCUT2D eigenvalue weighted by Crippen LogP contribution is 2.23. The van der Waals surface area contributed by atoms with E-state index in [-0.39, 0.29) is 12.5 Å². The van der Waals surface area contributed by atoms with E-state index in [0.29, 0.717) is 5.57 Å². The van der Waals surface area contributed by atoms with Crippen molar-refractivity contribution in [2.75, 3.05) is 7.11 Å². The van der Waals surface area contributed by atoms with Gasteiger partial charge in [-0.15, -0.1) is 0 Å². The molecular weight excluding hydrogens is 234 g/mol. The van der Waals surface area contributed by atoms with Crippen molar-refractivity contribution >= 4 is 5.97 Å². The molecule has 0 aromatic heterocycles. The summed E-state index contributed by atoms with van der Waals surface area (Å²) in [5.74, 6) is -0.431. The minimum atomic E-state index is -0.775. The van der Waals surface area contributed by atoms with Gasteiger partial charge in [0.05, 0.1) is 31.5 Å². The van der Waals surface area contributed by atoms with Gasteiger partial charge in [-0.2, -0.15) is 0 Å². The van der Waals surface area contributed by atoms with Crippen LogP contribution in [0.2, 0.25) is 0 Å². The van der Waals surface area contributed by atoms with E-state index in [9.17, 15) is 9.90 Å². The number of methoxy groups -OCH3 is 1. The smallest absolute Gasteiger partial charge is 0.333 e. The molecular formula is C13H23NO4. The number of hydrogen-bond acceptors (Lipinski definition) is 5. The molecule has 0 spiro atoms. The molecule has 3 atom stereocenters. The Morgan fingerprint density at radius 2 is 2.17 bits per heavy atom. The second-order valence-electron chi connectivity index (χ2n) is 4.57. The summed E-state index contributed by atoms with van der Waals surface area (Å²) in [7, 11) is 1.32. The van der Waals surface area contributed by atoms with Crippen LogP contribution in [0.4, 0.5) is 0 Å². The van der Waals surface area contributed by atoms with Gasteiger partial charge in [0, 0.05) is 12.0 Å². The standard InChI is InChI=1S/C13H23NO4/c1-4-9(5-2)18-11-7-8(13(16)17-3)6-10(15)12(11)14/h7,9-12,15H,4-6,14H2,1-3H3/t10-,11-,12-/m1/s1. The van der Waals surface area contributed by atoms with Crippen LogP contribution in [-0.2, 0) is 14.3 Å². The zero-order valence-corrected chi connectivity index (χ0v) is 11.3. The van der Waals surface area contributed by atoms with Crippen molar-refractivity contribution < 1.29 is 19.4 Å². The fourth-order valence-corrected chi connectivity index (χ4v) is 2.07. The maximum Gasteiger partial charge on any atom is 0.333 e. The van der Waals surface area contributed by atoms with E-state index < -0.39 is 24.2 Å². The number of carbonyl (C=O) groups is 1. The quantitative estimate of drug-likeness (QED) is 0.710. The van der Waals surface area contributed by atoms with Crippen LogP contribution in [0.5, 0.6) is 0 Å². The first-order valence-electron chi connectivity index (χ1n) is 6.41. The van der Waals surface area contributed by atoms with Crippen molar-refractivity contribution in [3.05, 3.63) is 11.6 Å². The zero-order valence-electron chi connectivity index (χ0n) is 11.3. The van der Waals surface area contributed by atoms with Crippen LogP contribution in [0.25, 0.3) is 0 Å². The van der Waals surface area contributed by atoms with Crippen molar-refractivity contribution in [1.82, 2.24) is 0 Å². The Kier molecular flexibility index (Phi) is 5.78. The summed E-state index contributed by atoms with van der Waals surface area (Å²) in [5, 5.41) is 9.87. The van der Waals surface area contributed by atoms with Gasteiger partial charge in [0.25, 0.3) is 0 Å². The Balaban J connectivity index is 2.82. The molecule has 0 aliphatic heterocycles. The average Bonchev–Trinajstić information content (AvgIpc) is 2.39. The van der Waals surface area contributed by atoms with Crippen LogP contribution >= 0.6 is 0 Å². The van der Waals surface area contributed by atoms with Crippen molar-refractivity contribution in [3.8, 4) is 0 Å². The van der Waals surface area contributed by atoms with Gasteiger partial charge in [-0.05, 0) is 18.9 Å². The molecule has 1 rings (SSSR count). The number of carbonyl (C=O) groups excluding carboxylic acids is 1. The number of rotatable bonds is 5. The Morgan fingerprint density at radius 3 is 2.67 bits per heavy atom. The molecule has 0 aromatic carbocycles. The lowest BCUT2D eigenvalue weighted by Crippen LogP contribution is -2.49. The summed E-state index contributed by atoms with van der Waals surface area (Å²) in [5.41, 5.74) is 6.35. The summed E-state index contributed by atoms with van der Waals surface area (Å²) < 4.78 is 10.5. The fourth-order valence-electron chi connectivity index (χ4n) is 2.07. The number of nitrogens with two attached hydrogens (primary N) is 1. The number of esters is 1. The lowest BCUT2D eigenvalue weighted by molar-refractivity contribution is -0.137. The molecule has 0 radical (unpaired) electrons. The zero-order chi connectivity index (χ0) is 13.7. The molecule has 0 saturated heterocycles. The van der Waals surface area contributed by atoms with Gasteiger partial charge in [-0.1, -0.05) is 13.8 Å². The van der Waals surface area contributed by atoms with Crippen molar-refractivity contribution in [1.29, 1.82) is 0 Å². The molecule has 0 aromatic rings. The van der Waals surface area contributed by atoms with Crippen LogP contribution in [0.15, 0.2) is 11.6 Å². The molecule has 3 N–H and O–H groups in total. The predicted octanol–water partition coefficient (Wildman–Crippen LogP) is 0.752. The van der Waals surface area contributed by atoms with Gasteiger partial charge < -0.3 is 20.3 Å². The van der Waals surface area contributed by atoms with E-state index in [1.165, 1.54) is 7.11 Å². The third-order valence-corrected chi connectivity index (χ3v) is 3.33. The van der Waals surface area contributed by atoms with Crippen LogP contribution in [0.3, 0.4) is 0 Å². The van der Waals surface area contributed by atoms with Gasteiger partial charge in [-0.3, -0.25) is 0 Å². The van der Waals surface area contributed by atoms with Crippen molar-refractivity contribution in [2.24, 2.45) is 5.73 Å². The number of hydrogen-bond donors (Lipinski definition) is 2. The highest BCUT2D eigenvalue weighted by Gasteiger charge is 2.33. The second-order valence-corrected chi connectivity index (χ2v) is 4.57. The van der Waals surface area contributed by atoms with Crippen LogP contribution in [-0.4, -0.2) is 42.5 Å².